The third-order valence-electron chi connectivity index (χ3n) is 1.44. The molecular weight excluding hydrogens is 248 g/mol. The molecule has 0 aromatic carbocycles. The number of ether oxygens (including phenoxy) is 1. The zero-order valence-electron chi connectivity index (χ0n) is 8.24. The number of aryl methyl sites for hydroxylation is 1. The quantitative estimate of drug-likeness (QED) is 0.763. The molecule has 0 atom stereocenters. The second kappa shape index (κ2) is 4.50. The van der Waals surface area contributed by atoms with Gasteiger partial charge in [-0.3, -0.25) is 0 Å². The lowest BCUT2D eigenvalue weighted by Crippen LogP contribution is -2.14. The second-order valence-corrected chi connectivity index (χ2v) is 3.84. The minimum absolute atomic E-state index is 0.145. The number of rotatable bonds is 2. The fourth-order valence-electron chi connectivity index (χ4n) is 0.840. The number of hydrogen-bond donors (Lipinski definition) is 0. The maximum atomic E-state index is 11.4. The van der Waals surface area contributed by atoms with Crippen molar-refractivity contribution in [2.24, 2.45) is 0 Å². The summed E-state index contributed by atoms with van der Waals surface area (Å²) >= 11 is 3.20. The van der Waals surface area contributed by atoms with Crippen LogP contribution in [0.5, 0.6) is 0 Å². The van der Waals surface area contributed by atoms with E-state index in [-0.39, 0.29) is 11.8 Å². The molecule has 1 rings (SSSR count). The van der Waals surface area contributed by atoms with Crippen molar-refractivity contribution in [3.8, 4) is 0 Å². The first-order chi connectivity index (χ1) is 6.50. The highest BCUT2D eigenvalue weighted by molar-refractivity contribution is 9.10. The molecule has 1 aromatic rings. The highest BCUT2D eigenvalue weighted by Crippen LogP contribution is 2.10. The third-order valence-corrected chi connectivity index (χ3v) is 2.22. The number of carbonyl (C=O) groups is 1. The van der Waals surface area contributed by atoms with Crippen molar-refractivity contribution in [1.82, 2.24) is 9.97 Å². The van der Waals surface area contributed by atoms with Gasteiger partial charge < -0.3 is 4.74 Å². The fraction of sp³-hybridized carbons (Fsp3) is 0.444. The van der Waals surface area contributed by atoms with Gasteiger partial charge in [-0.25, -0.2) is 14.8 Å². The van der Waals surface area contributed by atoms with Crippen LogP contribution in [0.2, 0.25) is 0 Å². The molecule has 1 heterocycles. The van der Waals surface area contributed by atoms with Crippen molar-refractivity contribution >= 4 is 21.9 Å². The summed E-state index contributed by atoms with van der Waals surface area (Å²) in [5.41, 5.74) is 0.905. The molecule has 0 saturated carbocycles. The SMILES string of the molecule is Cc1nc(C(=O)OC(C)C)cnc1Br. The van der Waals surface area contributed by atoms with E-state index < -0.39 is 5.97 Å². The Morgan fingerprint density at radius 3 is 2.71 bits per heavy atom. The molecule has 0 fully saturated rings. The van der Waals surface area contributed by atoms with E-state index >= 15 is 0 Å². The average molecular weight is 259 g/mol. The van der Waals surface area contributed by atoms with Gasteiger partial charge in [-0.1, -0.05) is 0 Å². The Balaban J connectivity index is 2.86. The first-order valence-electron chi connectivity index (χ1n) is 4.21. The Bertz CT molecular complexity index is 353. The predicted octanol–water partition coefficient (Wildman–Crippen LogP) is 2.11. The molecule has 76 valence electrons. The summed E-state index contributed by atoms with van der Waals surface area (Å²) in [6.07, 6.45) is 1.25. The Labute approximate surface area is 90.8 Å². The Kier molecular flexibility index (Phi) is 3.57. The molecule has 0 N–H and O–H groups in total. The summed E-state index contributed by atoms with van der Waals surface area (Å²) in [7, 11) is 0. The first kappa shape index (κ1) is 11.1. The van der Waals surface area contributed by atoms with E-state index in [1.807, 2.05) is 0 Å². The normalized spacial score (nSPS) is 10.4. The fourth-order valence-corrected chi connectivity index (χ4v) is 1.03. The molecule has 5 heteroatoms. The van der Waals surface area contributed by atoms with Gasteiger partial charge >= 0.3 is 5.97 Å². The van der Waals surface area contributed by atoms with Gasteiger partial charge in [-0.15, -0.1) is 0 Å². The highest BCUT2D eigenvalue weighted by atomic mass is 79.9. The Morgan fingerprint density at radius 1 is 1.57 bits per heavy atom. The minimum Gasteiger partial charge on any atom is -0.458 e. The van der Waals surface area contributed by atoms with Crippen LogP contribution >= 0.6 is 15.9 Å². The van der Waals surface area contributed by atoms with Crippen LogP contribution < -0.4 is 0 Å². The molecular formula is C9H11BrN2O2. The molecule has 1 aromatic heterocycles. The van der Waals surface area contributed by atoms with Gasteiger partial charge in [0.15, 0.2) is 5.69 Å². The van der Waals surface area contributed by atoms with E-state index in [9.17, 15) is 4.79 Å². The number of carbonyl (C=O) groups excluding carboxylic acids is 1. The summed E-state index contributed by atoms with van der Waals surface area (Å²) in [6.45, 7) is 5.34. The molecule has 0 aliphatic rings. The van der Waals surface area contributed by atoms with E-state index in [4.69, 9.17) is 4.74 Å². The molecule has 0 bridgehead atoms. The van der Waals surface area contributed by atoms with E-state index in [0.717, 1.165) is 0 Å². The number of hydrogen-bond acceptors (Lipinski definition) is 4. The van der Waals surface area contributed by atoms with Crippen LogP contribution in [-0.4, -0.2) is 22.0 Å². The summed E-state index contributed by atoms with van der Waals surface area (Å²) in [6, 6.07) is 0. The molecule has 0 amide bonds. The molecule has 0 radical (unpaired) electrons. The maximum Gasteiger partial charge on any atom is 0.358 e. The summed E-state index contributed by atoms with van der Waals surface area (Å²) in [5.74, 6) is -0.442. The maximum absolute atomic E-state index is 11.4. The Hall–Kier alpha value is -0.970. The minimum atomic E-state index is -0.442. The first-order valence-corrected chi connectivity index (χ1v) is 5.00. The van der Waals surface area contributed by atoms with Crippen LogP contribution in [-0.2, 0) is 4.74 Å². The lowest BCUT2D eigenvalue weighted by atomic mass is 10.4. The smallest absolute Gasteiger partial charge is 0.358 e. The lowest BCUT2D eigenvalue weighted by molar-refractivity contribution is 0.0370. The summed E-state index contributed by atoms with van der Waals surface area (Å²) in [5, 5.41) is 0. The van der Waals surface area contributed by atoms with E-state index in [1.54, 1.807) is 20.8 Å². The predicted molar refractivity (Wildman–Crippen MR) is 55.0 cm³/mol. The van der Waals surface area contributed by atoms with Gasteiger partial charge in [0.05, 0.1) is 18.0 Å². The number of nitrogens with zero attached hydrogens (tertiary/aromatic N) is 2. The Morgan fingerprint density at radius 2 is 2.21 bits per heavy atom. The van der Waals surface area contributed by atoms with Gasteiger partial charge in [0.25, 0.3) is 0 Å². The molecule has 0 spiro atoms. The van der Waals surface area contributed by atoms with Crippen LogP contribution in [0.1, 0.15) is 30.0 Å². The van der Waals surface area contributed by atoms with E-state index in [2.05, 4.69) is 25.9 Å². The van der Waals surface area contributed by atoms with Crippen LogP contribution in [0.4, 0.5) is 0 Å². The van der Waals surface area contributed by atoms with Gasteiger partial charge in [0.1, 0.15) is 4.60 Å². The molecule has 14 heavy (non-hydrogen) atoms. The average Bonchev–Trinajstić information content (AvgIpc) is 2.08. The summed E-state index contributed by atoms with van der Waals surface area (Å²) in [4.78, 5) is 19.4. The molecule has 0 saturated heterocycles. The van der Waals surface area contributed by atoms with Crippen molar-refractivity contribution in [2.75, 3.05) is 0 Å². The van der Waals surface area contributed by atoms with Crippen molar-refractivity contribution in [2.45, 2.75) is 26.9 Å². The number of aromatic nitrogens is 2. The van der Waals surface area contributed by atoms with Crippen LogP contribution in [0, 0.1) is 6.92 Å². The largest absolute Gasteiger partial charge is 0.458 e. The molecule has 0 unspecified atom stereocenters. The van der Waals surface area contributed by atoms with E-state index in [1.165, 1.54) is 6.20 Å². The number of esters is 1. The van der Waals surface area contributed by atoms with Gasteiger partial charge in [0.2, 0.25) is 0 Å². The van der Waals surface area contributed by atoms with E-state index in [0.29, 0.717) is 10.3 Å². The molecule has 4 nitrogen and oxygen atoms in total. The van der Waals surface area contributed by atoms with Crippen molar-refractivity contribution in [3.05, 3.63) is 22.2 Å². The van der Waals surface area contributed by atoms with Gasteiger partial charge in [-0.05, 0) is 36.7 Å². The van der Waals surface area contributed by atoms with Crippen molar-refractivity contribution < 1.29 is 9.53 Å². The van der Waals surface area contributed by atoms with Gasteiger partial charge in [-0.2, -0.15) is 0 Å². The van der Waals surface area contributed by atoms with Crippen LogP contribution in [0.25, 0.3) is 0 Å². The topological polar surface area (TPSA) is 52.1 Å². The monoisotopic (exact) mass is 258 g/mol. The lowest BCUT2D eigenvalue weighted by Gasteiger charge is -2.07. The second-order valence-electron chi connectivity index (χ2n) is 3.09. The molecule has 0 aliphatic heterocycles. The number of halogens is 1. The zero-order chi connectivity index (χ0) is 10.7. The van der Waals surface area contributed by atoms with Crippen molar-refractivity contribution in [3.63, 3.8) is 0 Å². The third kappa shape index (κ3) is 2.77. The van der Waals surface area contributed by atoms with Gasteiger partial charge in [0, 0.05) is 0 Å². The summed E-state index contributed by atoms with van der Waals surface area (Å²) < 4.78 is 5.61. The zero-order valence-corrected chi connectivity index (χ0v) is 9.83. The standard InChI is InChI=1S/C9H11BrN2O2/c1-5(2)14-9(13)7-4-11-8(10)6(3)12-7/h4-5H,1-3H3. The highest BCUT2D eigenvalue weighted by Gasteiger charge is 2.12. The van der Waals surface area contributed by atoms with Crippen LogP contribution in [0.3, 0.4) is 0 Å². The van der Waals surface area contributed by atoms with Crippen molar-refractivity contribution in [1.29, 1.82) is 0 Å². The molecule has 0 aliphatic carbocycles. The van der Waals surface area contributed by atoms with Crippen LogP contribution in [0.15, 0.2) is 10.8 Å².